The van der Waals surface area contributed by atoms with E-state index in [4.69, 9.17) is 9.84 Å². The summed E-state index contributed by atoms with van der Waals surface area (Å²) in [6.07, 6.45) is 1.17. The second-order valence-electron chi connectivity index (χ2n) is 4.59. The SMILES string of the molecule is COc1cc(NC(=O)N2CCC[C@H]2C(=O)O)c(Br)cc1Br. The minimum Gasteiger partial charge on any atom is -0.495 e. The van der Waals surface area contributed by atoms with Gasteiger partial charge >= 0.3 is 12.0 Å². The molecule has 6 nitrogen and oxygen atoms in total. The first-order valence-electron chi connectivity index (χ1n) is 6.27. The van der Waals surface area contributed by atoms with E-state index in [1.807, 2.05) is 0 Å². The maximum atomic E-state index is 12.2. The maximum Gasteiger partial charge on any atom is 0.326 e. The van der Waals surface area contributed by atoms with E-state index in [0.717, 1.165) is 4.47 Å². The number of halogens is 2. The van der Waals surface area contributed by atoms with Crippen LogP contribution < -0.4 is 10.1 Å². The van der Waals surface area contributed by atoms with E-state index in [-0.39, 0.29) is 0 Å². The fourth-order valence-electron chi connectivity index (χ4n) is 2.23. The van der Waals surface area contributed by atoms with Crippen LogP contribution in [0.15, 0.2) is 21.1 Å². The summed E-state index contributed by atoms with van der Waals surface area (Å²) in [6, 6.07) is 2.23. The molecule has 0 radical (unpaired) electrons. The van der Waals surface area contributed by atoms with Crippen molar-refractivity contribution in [2.45, 2.75) is 18.9 Å². The average Bonchev–Trinajstić information content (AvgIpc) is 2.91. The van der Waals surface area contributed by atoms with Crippen molar-refractivity contribution in [3.8, 4) is 5.75 Å². The van der Waals surface area contributed by atoms with Crippen LogP contribution in [0.2, 0.25) is 0 Å². The van der Waals surface area contributed by atoms with Crippen LogP contribution >= 0.6 is 31.9 Å². The second kappa shape index (κ2) is 6.65. The molecule has 1 aliphatic rings. The lowest BCUT2D eigenvalue weighted by Gasteiger charge is -2.22. The first-order chi connectivity index (χ1) is 9.93. The number of carbonyl (C=O) groups excluding carboxylic acids is 1. The van der Waals surface area contributed by atoms with Crippen molar-refractivity contribution >= 4 is 49.5 Å². The number of amides is 2. The van der Waals surface area contributed by atoms with E-state index < -0.39 is 18.0 Å². The number of nitrogens with one attached hydrogen (secondary N) is 1. The van der Waals surface area contributed by atoms with Crippen molar-refractivity contribution < 1.29 is 19.4 Å². The van der Waals surface area contributed by atoms with Crippen molar-refractivity contribution in [1.82, 2.24) is 4.90 Å². The molecule has 1 fully saturated rings. The molecule has 1 heterocycles. The summed E-state index contributed by atoms with van der Waals surface area (Å²) in [5.74, 6) is -0.403. The van der Waals surface area contributed by atoms with Crippen molar-refractivity contribution in [2.24, 2.45) is 0 Å². The lowest BCUT2D eigenvalue weighted by molar-refractivity contribution is -0.141. The molecule has 0 bridgehead atoms. The van der Waals surface area contributed by atoms with Crippen molar-refractivity contribution in [3.63, 3.8) is 0 Å². The van der Waals surface area contributed by atoms with E-state index in [9.17, 15) is 9.59 Å². The molecule has 2 amide bonds. The van der Waals surface area contributed by atoms with Gasteiger partial charge in [0.1, 0.15) is 11.8 Å². The first-order valence-corrected chi connectivity index (χ1v) is 7.86. The van der Waals surface area contributed by atoms with Crippen LogP contribution in [0.25, 0.3) is 0 Å². The lowest BCUT2D eigenvalue weighted by atomic mass is 10.2. The molecule has 0 spiro atoms. The molecule has 1 aromatic rings. The molecule has 1 aliphatic heterocycles. The van der Waals surface area contributed by atoms with Crippen molar-refractivity contribution in [3.05, 3.63) is 21.1 Å². The number of aliphatic carboxylic acids is 1. The number of methoxy groups -OCH3 is 1. The number of urea groups is 1. The van der Waals surface area contributed by atoms with Gasteiger partial charge in [-0.25, -0.2) is 9.59 Å². The zero-order valence-corrected chi connectivity index (χ0v) is 14.4. The number of ether oxygens (including phenoxy) is 1. The average molecular weight is 422 g/mol. The molecule has 2 rings (SSSR count). The number of hydrogen-bond donors (Lipinski definition) is 2. The number of likely N-dealkylation sites (tertiary alicyclic amines) is 1. The molecule has 2 N–H and O–H groups in total. The van der Waals surface area contributed by atoms with Crippen LogP contribution in [0.3, 0.4) is 0 Å². The summed E-state index contributed by atoms with van der Waals surface area (Å²) >= 11 is 6.70. The Morgan fingerprint density at radius 2 is 2.10 bits per heavy atom. The number of nitrogens with zero attached hydrogens (tertiary/aromatic N) is 1. The highest BCUT2D eigenvalue weighted by Gasteiger charge is 2.34. The van der Waals surface area contributed by atoms with Gasteiger partial charge in [-0.15, -0.1) is 0 Å². The van der Waals surface area contributed by atoms with Crippen LogP contribution in [0.1, 0.15) is 12.8 Å². The van der Waals surface area contributed by atoms with Crippen molar-refractivity contribution in [2.75, 3.05) is 19.0 Å². The van der Waals surface area contributed by atoms with Crippen molar-refractivity contribution in [1.29, 1.82) is 0 Å². The number of anilines is 1. The highest BCUT2D eigenvalue weighted by molar-refractivity contribution is 9.11. The topological polar surface area (TPSA) is 78.9 Å². The van der Waals surface area contributed by atoms with Gasteiger partial charge in [0.15, 0.2) is 0 Å². The van der Waals surface area contributed by atoms with Gasteiger partial charge in [0.2, 0.25) is 0 Å². The van der Waals surface area contributed by atoms with Gasteiger partial charge in [0, 0.05) is 17.1 Å². The largest absolute Gasteiger partial charge is 0.495 e. The second-order valence-corrected chi connectivity index (χ2v) is 6.30. The van der Waals surface area contributed by atoms with Gasteiger partial charge in [-0.3, -0.25) is 0 Å². The molecule has 1 saturated heterocycles. The minimum absolute atomic E-state index is 0.426. The Bertz CT molecular complexity index is 580. The fourth-order valence-corrected chi connectivity index (χ4v) is 3.49. The summed E-state index contributed by atoms with van der Waals surface area (Å²) in [7, 11) is 1.53. The molecular weight excluding hydrogens is 408 g/mol. The standard InChI is InChI=1S/C13H14Br2N2O4/c1-21-11-6-9(7(14)5-8(11)15)16-13(20)17-4-2-3-10(17)12(18)19/h5-6,10H,2-4H2,1H3,(H,16,20)(H,18,19)/t10-/m0/s1. The monoisotopic (exact) mass is 420 g/mol. The summed E-state index contributed by atoms with van der Waals surface area (Å²) in [5, 5.41) is 11.8. The van der Waals surface area contributed by atoms with E-state index in [1.165, 1.54) is 12.0 Å². The Morgan fingerprint density at radius 3 is 2.71 bits per heavy atom. The third kappa shape index (κ3) is 3.49. The highest BCUT2D eigenvalue weighted by atomic mass is 79.9. The zero-order valence-electron chi connectivity index (χ0n) is 11.2. The first kappa shape index (κ1) is 16.1. The number of rotatable bonds is 3. The molecule has 0 aromatic heterocycles. The number of benzene rings is 1. The molecular formula is C13H14Br2N2O4. The minimum atomic E-state index is -0.977. The Morgan fingerprint density at radius 1 is 1.38 bits per heavy atom. The Hall–Kier alpha value is -1.28. The van der Waals surface area contributed by atoms with Gasteiger partial charge in [-0.05, 0) is 50.8 Å². The fraction of sp³-hybridized carbons (Fsp3) is 0.385. The predicted molar refractivity (Wildman–Crippen MR) is 84.8 cm³/mol. The molecule has 0 unspecified atom stereocenters. The predicted octanol–water partition coefficient (Wildman–Crippen LogP) is 3.30. The number of carboxylic acid groups (broad SMARTS) is 1. The zero-order chi connectivity index (χ0) is 15.6. The Labute approximate surface area is 138 Å². The van der Waals surface area contributed by atoms with Crippen LogP contribution in [-0.2, 0) is 4.79 Å². The summed E-state index contributed by atoms with van der Waals surface area (Å²) in [4.78, 5) is 24.7. The number of hydrogen-bond acceptors (Lipinski definition) is 3. The van der Waals surface area contributed by atoms with Crippen LogP contribution in [0.5, 0.6) is 5.75 Å². The van der Waals surface area contributed by atoms with E-state index in [2.05, 4.69) is 37.2 Å². The van der Waals surface area contributed by atoms with Gasteiger partial charge in [0.05, 0.1) is 17.3 Å². The molecule has 0 saturated carbocycles. The van der Waals surface area contributed by atoms with Gasteiger partial charge in [-0.1, -0.05) is 0 Å². The Balaban J connectivity index is 2.18. The summed E-state index contributed by atoms with van der Waals surface area (Å²) < 4.78 is 6.61. The smallest absolute Gasteiger partial charge is 0.326 e. The molecule has 114 valence electrons. The van der Waals surface area contributed by atoms with Gasteiger partial charge in [-0.2, -0.15) is 0 Å². The normalized spacial score (nSPS) is 17.7. The highest BCUT2D eigenvalue weighted by Crippen LogP contribution is 2.35. The van der Waals surface area contributed by atoms with E-state index in [1.54, 1.807) is 12.1 Å². The molecule has 8 heteroatoms. The molecule has 1 aromatic carbocycles. The number of carbonyl (C=O) groups is 2. The van der Waals surface area contributed by atoms with Gasteiger partial charge in [0.25, 0.3) is 0 Å². The van der Waals surface area contributed by atoms with E-state index in [0.29, 0.717) is 35.3 Å². The van der Waals surface area contributed by atoms with E-state index >= 15 is 0 Å². The maximum absolute atomic E-state index is 12.2. The lowest BCUT2D eigenvalue weighted by Crippen LogP contribution is -2.42. The summed E-state index contributed by atoms with van der Waals surface area (Å²) in [5.41, 5.74) is 0.524. The van der Waals surface area contributed by atoms with Crippen LogP contribution in [-0.4, -0.2) is 41.7 Å². The number of carboxylic acids is 1. The van der Waals surface area contributed by atoms with Crippen LogP contribution in [0, 0.1) is 0 Å². The quantitative estimate of drug-likeness (QED) is 0.784. The third-order valence-corrected chi connectivity index (χ3v) is 4.56. The van der Waals surface area contributed by atoms with Crippen LogP contribution in [0.4, 0.5) is 10.5 Å². The molecule has 1 atom stereocenters. The molecule has 21 heavy (non-hydrogen) atoms. The van der Waals surface area contributed by atoms with Gasteiger partial charge < -0.3 is 20.1 Å². The molecule has 0 aliphatic carbocycles. The Kier molecular flexibility index (Phi) is 5.10. The third-order valence-electron chi connectivity index (χ3n) is 3.28. The summed E-state index contributed by atoms with van der Waals surface area (Å²) in [6.45, 7) is 0.439.